The Morgan fingerprint density at radius 1 is 0.897 bits per heavy atom. The van der Waals surface area contributed by atoms with Crippen molar-refractivity contribution in [2.45, 2.75) is 58.3 Å². The minimum absolute atomic E-state index is 0.104. The Hall–Kier alpha value is -2.42. The van der Waals surface area contributed by atoms with E-state index in [9.17, 15) is 8.78 Å². The van der Waals surface area contributed by atoms with Crippen LogP contribution >= 0.6 is 0 Å². The van der Waals surface area contributed by atoms with E-state index in [1.807, 2.05) is 12.1 Å². The number of rotatable bonds is 7. The molecule has 2 aromatic rings. The molecular weight excluding hydrogens is 366 g/mol. The van der Waals surface area contributed by atoms with E-state index in [2.05, 4.69) is 31.2 Å². The quantitative estimate of drug-likeness (QED) is 0.339. The normalized spacial score (nSPS) is 19.9. The van der Waals surface area contributed by atoms with Gasteiger partial charge in [-0.2, -0.15) is 4.39 Å². The summed E-state index contributed by atoms with van der Waals surface area (Å²) in [6, 6.07) is 11.0. The van der Waals surface area contributed by atoms with Crippen LogP contribution in [0.4, 0.5) is 8.78 Å². The van der Waals surface area contributed by atoms with Gasteiger partial charge >= 0.3 is 0 Å². The van der Waals surface area contributed by atoms with Crippen molar-refractivity contribution >= 4 is 0 Å². The number of halogens is 2. The van der Waals surface area contributed by atoms with Gasteiger partial charge in [0.1, 0.15) is 0 Å². The van der Waals surface area contributed by atoms with Gasteiger partial charge in [0.2, 0.25) is 5.82 Å². The van der Waals surface area contributed by atoms with E-state index in [1.54, 1.807) is 19.1 Å². The number of hydrogen-bond donors (Lipinski definition) is 0. The lowest BCUT2D eigenvalue weighted by Gasteiger charge is -2.28. The fraction of sp³-hybridized carbons (Fsp3) is 0.385. The maximum absolute atomic E-state index is 14.5. The zero-order valence-electron chi connectivity index (χ0n) is 17.3. The van der Waals surface area contributed by atoms with E-state index in [4.69, 9.17) is 4.74 Å². The van der Waals surface area contributed by atoms with Crippen molar-refractivity contribution in [3.05, 3.63) is 78.1 Å². The van der Waals surface area contributed by atoms with Crippen molar-refractivity contribution in [3.8, 4) is 16.9 Å². The number of hydrogen-bond acceptors (Lipinski definition) is 1. The summed E-state index contributed by atoms with van der Waals surface area (Å²) in [6.45, 7) is 3.83. The van der Waals surface area contributed by atoms with Crippen LogP contribution in [0.3, 0.4) is 0 Å². The first-order valence-electron chi connectivity index (χ1n) is 10.6. The Balaban J connectivity index is 1.66. The fourth-order valence-corrected chi connectivity index (χ4v) is 4.20. The van der Waals surface area contributed by atoms with Gasteiger partial charge in [0.25, 0.3) is 0 Å². The molecule has 1 aliphatic carbocycles. The number of benzene rings is 2. The molecule has 0 aliphatic heterocycles. The van der Waals surface area contributed by atoms with E-state index in [-0.39, 0.29) is 11.3 Å². The molecule has 1 fully saturated rings. The van der Waals surface area contributed by atoms with Crippen LogP contribution in [-0.2, 0) is 0 Å². The van der Waals surface area contributed by atoms with Crippen LogP contribution in [0.1, 0.15) is 63.9 Å². The van der Waals surface area contributed by atoms with Crippen molar-refractivity contribution < 1.29 is 13.5 Å². The van der Waals surface area contributed by atoms with E-state index < -0.39 is 11.6 Å². The van der Waals surface area contributed by atoms with Crippen molar-refractivity contribution in [2.75, 3.05) is 0 Å². The van der Waals surface area contributed by atoms with Crippen molar-refractivity contribution in [3.63, 3.8) is 0 Å². The minimum Gasteiger partial charge on any atom is -0.462 e. The lowest BCUT2D eigenvalue weighted by molar-refractivity contribution is 0.312. The molecule has 29 heavy (non-hydrogen) atoms. The average molecular weight is 397 g/mol. The third-order valence-electron chi connectivity index (χ3n) is 5.90. The second-order valence-electron chi connectivity index (χ2n) is 7.81. The Morgan fingerprint density at radius 3 is 2.28 bits per heavy atom. The Kier molecular flexibility index (Phi) is 7.62. The van der Waals surface area contributed by atoms with Gasteiger partial charge in [0.15, 0.2) is 11.6 Å². The third kappa shape index (κ3) is 5.35. The van der Waals surface area contributed by atoms with E-state index in [0.29, 0.717) is 11.5 Å². The third-order valence-corrected chi connectivity index (χ3v) is 5.90. The van der Waals surface area contributed by atoms with Gasteiger partial charge in [0.05, 0.1) is 6.26 Å². The molecule has 0 saturated heterocycles. The molecule has 3 rings (SSSR count). The second-order valence-corrected chi connectivity index (χ2v) is 7.81. The first-order valence-corrected chi connectivity index (χ1v) is 10.6. The van der Waals surface area contributed by atoms with Crippen LogP contribution in [0.5, 0.6) is 5.75 Å². The highest BCUT2D eigenvalue weighted by molar-refractivity contribution is 5.65. The molecule has 0 radical (unpaired) electrons. The highest BCUT2D eigenvalue weighted by atomic mass is 19.2. The molecule has 1 aliphatic rings. The molecule has 154 valence electrons. The maximum atomic E-state index is 14.5. The predicted octanol–water partition coefficient (Wildman–Crippen LogP) is 8.17. The zero-order valence-corrected chi connectivity index (χ0v) is 17.3. The van der Waals surface area contributed by atoms with Crippen molar-refractivity contribution in [1.82, 2.24) is 0 Å². The summed E-state index contributed by atoms with van der Waals surface area (Å²) in [4.78, 5) is 0. The summed E-state index contributed by atoms with van der Waals surface area (Å²) in [7, 11) is 0. The summed E-state index contributed by atoms with van der Waals surface area (Å²) >= 11 is 0. The Morgan fingerprint density at radius 2 is 1.62 bits per heavy atom. The van der Waals surface area contributed by atoms with Crippen LogP contribution in [0.15, 0.2) is 60.9 Å². The molecule has 3 heteroatoms. The molecular formula is C26H30F2O. The lowest BCUT2D eigenvalue weighted by Crippen LogP contribution is -2.13. The van der Waals surface area contributed by atoms with E-state index in [0.717, 1.165) is 5.92 Å². The summed E-state index contributed by atoms with van der Waals surface area (Å²) in [6.07, 6.45) is 14.8. The Labute approximate surface area is 173 Å². The molecule has 2 aromatic carbocycles. The van der Waals surface area contributed by atoms with Crippen LogP contribution in [0.25, 0.3) is 11.1 Å². The van der Waals surface area contributed by atoms with Gasteiger partial charge in [0, 0.05) is 5.56 Å². The van der Waals surface area contributed by atoms with Gasteiger partial charge in [-0.05, 0) is 87.5 Å². The smallest absolute Gasteiger partial charge is 0.201 e. The molecule has 0 amide bonds. The van der Waals surface area contributed by atoms with Crippen LogP contribution in [0.2, 0.25) is 0 Å². The molecule has 0 heterocycles. The predicted molar refractivity (Wildman–Crippen MR) is 116 cm³/mol. The molecule has 0 aromatic heterocycles. The van der Waals surface area contributed by atoms with Crippen LogP contribution < -0.4 is 4.74 Å². The maximum Gasteiger partial charge on any atom is 0.201 e. The number of allylic oxidation sites excluding steroid dienone is 3. The molecule has 0 unspecified atom stereocenters. The largest absolute Gasteiger partial charge is 0.462 e. The molecule has 1 nitrogen and oxygen atoms in total. The topological polar surface area (TPSA) is 9.23 Å². The van der Waals surface area contributed by atoms with Gasteiger partial charge in [-0.25, -0.2) is 4.39 Å². The standard InChI is InChI=1S/C26H30F2O/c1-3-5-6-7-19-8-10-20(11-9-19)21-12-14-22(15-13-21)23-16-17-24(29-18-4-2)26(28)25(23)27/h3-5,12-20H,6-11H2,1-2H3/b5-3+,18-4+. The molecule has 0 atom stereocenters. The fourth-order valence-electron chi connectivity index (χ4n) is 4.20. The van der Waals surface area contributed by atoms with Crippen molar-refractivity contribution in [2.24, 2.45) is 5.92 Å². The lowest BCUT2D eigenvalue weighted by atomic mass is 9.77. The first-order chi connectivity index (χ1) is 14.1. The highest BCUT2D eigenvalue weighted by Gasteiger charge is 2.22. The van der Waals surface area contributed by atoms with Gasteiger partial charge in [-0.15, -0.1) is 0 Å². The molecule has 1 saturated carbocycles. The number of ether oxygens (including phenoxy) is 1. The first kappa shape index (κ1) is 21.3. The van der Waals surface area contributed by atoms with Crippen LogP contribution in [0, 0.1) is 17.6 Å². The SMILES string of the molecule is C/C=C/CCC1CCC(c2ccc(-c3ccc(O/C=C/C)c(F)c3F)cc2)CC1. The minimum atomic E-state index is -0.957. The molecule has 0 spiro atoms. The van der Waals surface area contributed by atoms with Gasteiger partial charge in [-0.3, -0.25) is 0 Å². The van der Waals surface area contributed by atoms with Crippen LogP contribution in [-0.4, -0.2) is 0 Å². The zero-order chi connectivity index (χ0) is 20.6. The summed E-state index contributed by atoms with van der Waals surface area (Å²) in [5, 5.41) is 0. The summed E-state index contributed by atoms with van der Waals surface area (Å²) < 4.78 is 33.9. The highest BCUT2D eigenvalue weighted by Crippen LogP contribution is 2.38. The van der Waals surface area contributed by atoms with Crippen molar-refractivity contribution in [1.29, 1.82) is 0 Å². The Bertz CT molecular complexity index is 844. The monoisotopic (exact) mass is 396 g/mol. The van der Waals surface area contributed by atoms with Gasteiger partial charge in [-0.1, -0.05) is 42.5 Å². The average Bonchev–Trinajstić information content (AvgIpc) is 2.76. The summed E-state index contributed by atoms with van der Waals surface area (Å²) in [5.74, 6) is -0.531. The molecule has 0 N–H and O–H groups in total. The van der Waals surface area contributed by atoms with E-state index >= 15 is 0 Å². The second kappa shape index (κ2) is 10.4. The summed E-state index contributed by atoms with van der Waals surface area (Å²) in [5.41, 5.74) is 2.24. The van der Waals surface area contributed by atoms with Gasteiger partial charge < -0.3 is 4.74 Å². The van der Waals surface area contributed by atoms with E-state index in [1.165, 1.54) is 56.4 Å². The molecule has 0 bridgehead atoms.